The Morgan fingerprint density at radius 3 is 2.62 bits per heavy atom. The summed E-state index contributed by atoms with van der Waals surface area (Å²) in [6, 6.07) is 4.42. The number of amides is 1. The molecule has 1 aromatic rings. The van der Waals surface area contributed by atoms with Crippen molar-refractivity contribution in [1.82, 2.24) is 4.90 Å². The van der Waals surface area contributed by atoms with Crippen molar-refractivity contribution in [2.45, 2.75) is 26.3 Å². The minimum atomic E-state index is -0.550. The summed E-state index contributed by atoms with van der Waals surface area (Å²) in [4.78, 5) is 24.3. The fraction of sp³-hybridized carbons (Fsp3) is 0.500. The van der Waals surface area contributed by atoms with Crippen LogP contribution in [0.5, 0.6) is 0 Å². The summed E-state index contributed by atoms with van der Waals surface area (Å²) in [7, 11) is 1.63. The first kappa shape index (κ1) is 17.6. The van der Waals surface area contributed by atoms with Gasteiger partial charge in [-0.15, -0.1) is 0 Å². The lowest BCUT2D eigenvalue weighted by atomic mass is 10.0. The topological polar surface area (TPSA) is 89.5 Å². The number of nitro benzene ring substituents is 1. The Balaban J connectivity index is 2.86. The molecule has 0 spiro atoms. The summed E-state index contributed by atoms with van der Waals surface area (Å²) in [6.45, 7) is 4.50. The van der Waals surface area contributed by atoms with E-state index in [-0.39, 0.29) is 23.2 Å². The van der Waals surface area contributed by atoms with Gasteiger partial charge in [-0.25, -0.2) is 0 Å². The largest absolute Gasteiger partial charge is 0.341 e. The lowest BCUT2D eigenvalue weighted by Crippen LogP contribution is -2.34. The third-order valence-corrected chi connectivity index (χ3v) is 3.88. The Bertz CT molecular complexity index is 534. The molecule has 0 aliphatic rings. The zero-order valence-electron chi connectivity index (χ0n) is 12.4. The Hall–Kier alpha value is -1.47. The molecular weight excluding hydrogens is 338 g/mol. The van der Waals surface area contributed by atoms with E-state index in [1.54, 1.807) is 13.1 Å². The maximum atomic E-state index is 12.3. The third-order valence-electron chi connectivity index (χ3n) is 3.39. The Labute approximate surface area is 132 Å². The molecule has 6 nitrogen and oxygen atoms in total. The van der Waals surface area contributed by atoms with E-state index in [4.69, 9.17) is 5.73 Å². The molecule has 0 heterocycles. The van der Waals surface area contributed by atoms with E-state index in [9.17, 15) is 14.9 Å². The van der Waals surface area contributed by atoms with E-state index < -0.39 is 4.92 Å². The molecule has 0 radical (unpaired) electrons. The summed E-state index contributed by atoms with van der Waals surface area (Å²) in [5.41, 5.74) is 5.84. The molecule has 21 heavy (non-hydrogen) atoms. The van der Waals surface area contributed by atoms with E-state index in [1.165, 1.54) is 17.0 Å². The zero-order valence-corrected chi connectivity index (χ0v) is 14.0. The van der Waals surface area contributed by atoms with Gasteiger partial charge < -0.3 is 10.6 Å². The summed E-state index contributed by atoms with van der Waals surface area (Å²) < 4.78 is 0.565. The molecule has 2 N–H and O–H groups in total. The minimum Gasteiger partial charge on any atom is -0.341 e. The van der Waals surface area contributed by atoms with E-state index in [0.717, 1.165) is 0 Å². The molecule has 0 aromatic heterocycles. The van der Waals surface area contributed by atoms with Crippen molar-refractivity contribution in [2.75, 3.05) is 13.6 Å². The van der Waals surface area contributed by atoms with Crippen LogP contribution in [0.15, 0.2) is 22.7 Å². The molecule has 1 unspecified atom stereocenters. The lowest BCUT2D eigenvalue weighted by Gasteiger charge is -2.21. The van der Waals surface area contributed by atoms with E-state index in [1.807, 2.05) is 13.8 Å². The number of carbonyl (C=O) groups is 1. The number of rotatable bonds is 6. The summed E-state index contributed by atoms with van der Waals surface area (Å²) in [5.74, 6) is -0.0410. The fourth-order valence-electron chi connectivity index (χ4n) is 1.82. The van der Waals surface area contributed by atoms with Crippen molar-refractivity contribution in [3.63, 3.8) is 0 Å². The van der Waals surface area contributed by atoms with Crippen molar-refractivity contribution in [3.05, 3.63) is 38.3 Å². The number of hydrogen-bond donors (Lipinski definition) is 1. The molecule has 0 aliphatic heterocycles. The Morgan fingerprint density at radius 2 is 2.10 bits per heavy atom. The second kappa shape index (κ2) is 7.51. The van der Waals surface area contributed by atoms with Gasteiger partial charge in [-0.1, -0.05) is 29.8 Å². The molecular formula is C14H20BrN3O3. The number of hydrogen-bond acceptors (Lipinski definition) is 4. The second-order valence-electron chi connectivity index (χ2n) is 5.34. The highest BCUT2D eigenvalue weighted by molar-refractivity contribution is 9.10. The number of nitrogens with two attached hydrogens (primary N) is 1. The van der Waals surface area contributed by atoms with E-state index in [0.29, 0.717) is 23.4 Å². The average Bonchev–Trinajstić information content (AvgIpc) is 2.43. The standard InChI is InChI=1S/C14H20BrN3O3/c1-9(2)12(16)6-7-17(3)14(19)11-5-4-10(15)8-13(11)18(20)21/h4-5,8-9,12H,6-7,16H2,1-3H3. The normalized spacial score (nSPS) is 12.3. The molecule has 1 amide bonds. The van der Waals surface area contributed by atoms with Crippen LogP contribution in [-0.4, -0.2) is 35.4 Å². The van der Waals surface area contributed by atoms with Crippen molar-refractivity contribution in [1.29, 1.82) is 0 Å². The molecule has 0 saturated carbocycles. The van der Waals surface area contributed by atoms with Gasteiger partial charge in [0.2, 0.25) is 0 Å². The van der Waals surface area contributed by atoms with Crippen molar-refractivity contribution < 1.29 is 9.72 Å². The highest BCUT2D eigenvalue weighted by Gasteiger charge is 2.23. The van der Waals surface area contributed by atoms with Crippen LogP contribution in [-0.2, 0) is 0 Å². The summed E-state index contributed by atoms with van der Waals surface area (Å²) >= 11 is 3.17. The van der Waals surface area contributed by atoms with E-state index >= 15 is 0 Å². The first-order chi connectivity index (χ1) is 9.73. The van der Waals surface area contributed by atoms with Crippen LogP contribution in [0, 0.1) is 16.0 Å². The van der Waals surface area contributed by atoms with Crippen LogP contribution in [0.1, 0.15) is 30.6 Å². The quantitative estimate of drug-likeness (QED) is 0.625. The molecule has 0 saturated heterocycles. The molecule has 1 rings (SSSR count). The first-order valence-electron chi connectivity index (χ1n) is 6.69. The van der Waals surface area contributed by atoms with Gasteiger partial charge >= 0.3 is 0 Å². The smallest absolute Gasteiger partial charge is 0.283 e. The molecule has 1 atom stereocenters. The maximum Gasteiger partial charge on any atom is 0.283 e. The predicted molar refractivity (Wildman–Crippen MR) is 85.2 cm³/mol. The third kappa shape index (κ3) is 4.78. The average molecular weight is 358 g/mol. The van der Waals surface area contributed by atoms with Gasteiger partial charge in [-0.2, -0.15) is 0 Å². The number of halogens is 1. The highest BCUT2D eigenvalue weighted by atomic mass is 79.9. The number of nitrogens with zero attached hydrogens (tertiary/aromatic N) is 2. The van der Waals surface area contributed by atoms with Gasteiger partial charge in [0.1, 0.15) is 5.56 Å². The van der Waals surface area contributed by atoms with Crippen LogP contribution in [0.4, 0.5) is 5.69 Å². The Kier molecular flexibility index (Phi) is 6.29. The molecule has 116 valence electrons. The molecule has 0 fully saturated rings. The van der Waals surface area contributed by atoms with Crippen LogP contribution in [0.2, 0.25) is 0 Å². The van der Waals surface area contributed by atoms with Crippen LogP contribution in [0.25, 0.3) is 0 Å². The van der Waals surface area contributed by atoms with Gasteiger partial charge in [0, 0.05) is 30.2 Å². The Morgan fingerprint density at radius 1 is 1.48 bits per heavy atom. The van der Waals surface area contributed by atoms with Crippen molar-refractivity contribution in [3.8, 4) is 0 Å². The minimum absolute atomic E-state index is 0.000142. The molecule has 1 aromatic carbocycles. The number of benzene rings is 1. The fourth-order valence-corrected chi connectivity index (χ4v) is 2.17. The van der Waals surface area contributed by atoms with Crippen LogP contribution >= 0.6 is 15.9 Å². The predicted octanol–water partition coefficient (Wildman–Crippen LogP) is 2.80. The number of carbonyl (C=O) groups excluding carboxylic acids is 1. The van der Waals surface area contributed by atoms with Crippen molar-refractivity contribution in [2.24, 2.45) is 11.7 Å². The number of nitro groups is 1. The summed E-state index contributed by atoms with van der Waals surface area (Å²) in [5, 5.41) is 11.1. The van der Waals surface area contributed by atoms with E-state index in [2.05, 4.69) is 15.9 Å². The monoisotopic (exact) mass is 357 g/mol. The maximum absolute atomic E-state index is 12.3. The molecule has 0 aliphatic carbocycles. The van der Waals surface area contributed by atoms with Gasteiger partial charge in [-0.3, -0.25) is 14.9 Å². The van der Waals surface area contributed by atoms with Gasteiger partial charge in [-0.05, 0) is 24.5 Å². The SMILES string of the molecule is CC(C)C(N)CCN(C)C(=O)c1ccc(Br)cc1[N+](=O)[O-]. The lowest BCUT2D eigenvalue weighted by molar-refractivity contribution is -0.385. The zero-order chi connectivity index (χ0) is 16.2. The van der Waals surface area contributed by atoms with Gasteiger partial charge in [0.25, 0.3) is 11.6 Å². The van der Waals surface area contributed by atoms with Crippen molar-refractivity contribution >= 4 is 27.5 Å². The highest BCUT2D eigenvalue weighted by Crippen LogP contribution is 2.24. The molecule has 0 bridgehead atoms. The summed E-state index contributed by atoms with van der Waals surface area (Å²) in [6.07, 6.45) is 0.657. The second-order valence-corrected chi connectivity index (χ2v) is 6.26. The van der Waals surface area contributed by atoms with Crippen LogP contribution < -0.4 is 5.73 Å². The van der Waals surface area contributed by atoms with Gasteiger partial charge in [0.05, 0.1) is 4.92 Å². The molecule has 7 heteroatoms. The van der Waals surface area contributed by atoms with Crippen LogP contribution in [0.3, 0.4) is 0 Å². The first-order valence-corrected chi connectivity index (χ1v) is 7.48. The van der Waals surface area contributed by atoms with Gasteiger partial charge in [0.15, 0.2) is 0 Å².